The molecule has 7 heteroatoms. The summed E-state index contributed by atoms with van der Waals surface area (Å²) < 4.78 is 11.3. The van der Waals surface area contributed by atoms with Crippen LogP contribution in [0.4, 0.5) is 0 Å². The molecule has 1 amide bonds. The third kappa shape index (κ3) is 4.96. The summed E-state index contributed by atoms with van der Waals surface area (Å²) in [6.07, 6.45) is 1.60. The van der Waals surface area contributed by atoms with Gasteiger partial charge in [-0.2, -0.15) is 0 Å². The molecule has 1 aromatic heterocycles. The van der Waals surface area contributed by atoms with Crippen LogP contribution in [0.1, 0.15) is 42.3 Å². The number of pyridine rings is 1. The minimum atomic E-state index is -0.853. The van der Waals surface area contributed by atoms with Crippen LogP contribution >= 0.6 is 0 Å². The average molecular weight is 487 g/mol. The molecule has 0 aliphatic carbocycles. The molecule has 1 N–H and O–H groups in total. The van der Waals surface area contributed by atoms with Crippen LogP contribution in [0.5, 0.6) is 11.5 Å². The minimum Gasteiger partial charge on any atom is -0.507 e. The molecule has 0 bridgehead atoms. The second-order valence-corrected chi connectivity index (χ2v) is 9.18. The number of ketones is 1. The molecule has 0 saturated carbocycles. The van der Waals surface area contributed by atoms with Gasteiger partial charge >= 0.3 is 0 Å². The van der Waals surface area contributed by atoms with Crippen molar-refractivity contribution in [2.75, 3.05) is 13.7 Å². The third-order valence-corrected chi connectivity index (χ3v) is 6.06. The number of aromatic nitrogens is 1. The van der Waals surface area contributed by atoms with Gasteiger partial charge in [-0.05, 0) is 54.8 Å². The highest BCUT2D eigenvalue weighted by Crippen LogP contribution is 2.40. The summed E-state index contributed by atoms with van der Waals surface area (Å²) in [5.41, 5.74) is 2.48. The van der Waals surface area contributed by atoms with Crippen LogP contribution in [0.15, 0.2) is 72.4 Å². The number of para-hydroxylation sites is 1. The van der Waals surface area contributed by atoms with Gasteiger partial charge in [0.15, 0.2) is 0 Å². The Balaban J connectivity index is 1.79. The van der Waals surface area contributed by atoms with E-state index in [1.54, 1.807) is 55.8 Å². The van der Waals surface area contributed by atoms with Crippen molar-refractivity contribution in [2.24, 2.45) is 5.92 Å². The zero-order valence-corrected chi connectivity index (χ0v) is 20.9. The van der Waals surface area contributed by atoms with Gasteiger partial charge in [-0.3, -0.25) is 14.6 Å². The lowest BCUT2D eigenvalue weighted by Gasteiger charge is -2.25. The molecule has 36 heavy (non-hydrogen) atoms. The van der Waals surface area contributed by atoms with Gasteiger partial charge in [-0.25, -0.2) is 0 Å². The van der Waals surface area contributed by atoms with E-state index in [0.717, 1.165) is 11.1 Å². The Kier molecular flexibility index (Phi) is 7.38. The monoisotopic (exact) mass is 486 g/mol. The number of aryl methyl sites for hydroxylation is 1. The first-order chi connectivity index (χ1) is 17.3. The number of Topliss-reactive ketones (excluding diaryl/α,β-unsaturated/α-hetero) is 1. The van der Waals surface area contributed by atoms with Gasteiger partial charge < -0.3 is 19.5 Å². The molecule has 4 rings (SSSR count). The smallest absolute Gasteiger partial charge is 0.296 e. The molecular formula is C29H30N2O5. The Morgan fingerprint density at radius 1 is 1.06 bits per heavy atom. The SMILES string of the molecule is COc1ccccc1CN1C(=O)C(=O)/C(=C(\O)c2ccc(OCC(C)C)c(C)c2)C1c1ccccn1. The van der Waals surface area contributed by atoms with Crippen LogP contribution in [0, 0.1) is 12.8 Å². The van der Waals surface area contributed by atoms with E-state index in [1.807, 2.05) is 25.1 Å². The number of carbonyl (C=O) groups excluding carboxylic acids is 2. The van der Waals surface area contributed by atoms with Gasteiger partial charge in [-0.15, -0.1) is 0 Å². The zero-order valence-electron chi connectivity index (χ0n) is 20.9. The fourth-order valence-electron chi connectivity index (χ4n) is 4.28. The summed E-state index contributed by atoms with van der Waals surface area (Å²) in [6.45, 7) is 6.70. The maximum absolute atomic E-state index is 13.3. The van der Waals surface area contributed by atoms with Crippen molar-refractivity contribution in [1.82, 2.24) is 9.88 Å². The summed E-state index contributed by atoms with van der Waals surface area (Å²) in [4.78, 5) is 32.4. The number of likely N-dealkylation sites (tertiary alicyclic amines) is 1. The lowest BCUT2D eigenvalue weighted by Crippen LogP contribution is -2.29. The van der Waals surface area contributed by atoms with E-state index in [0.29, 0.717) is 35.3 Å². The predicted molar refractivity (Wildman–Crippen MR) is 137 cm³/mol. The van der Waals surface area contributed by atoms with Crippen molar-refractivity contribution in [3.05, 3.63) is 94.8 Å². The third-order valence-electron chi connectivity index (χ3n) is 6.06. The fourth-order valence-corrected chi connectivity index (χ4v) is 4.28. The Morgan fingerprint density at radius 3 is 2.47 bits per heavy atom. The molecular weight excluding hydrogens is 456 g/mol. The molecule has 1 aliphatic rings. The van der Waals surface area contributed by atoms with Crippen LogP contribution in [0.2, 0.25) is 0 Å². The van der Waals surface area contributed by atoms with E-state index in [2.05, 4.69) is 18.8 Å². The molecule has 1 unspecified atom stereocenters. The first kappa shape index (κ1) is 25.0. The number of hydrogen-bond acceptors (Lipinski definition) is 6. The topological polar surface area (TPSA) is 89.0 Å². The van der Waals surface area contributed by atoms with Crippen LogP contribution in [-0.4, -0.2) is 40.4 Å². The first-order valence-corrected chi connectivity index (χ1v) is 11.9. The van der Waals surface area contributed by atoms with E-state index in [-0.39, 0.29) is 17.9 Å². The number of aliphatic hydroxyl groups excluding tert-OH is 1. The second kappa shape index (κ2) is 10.6. The molecule has 1 aliphatic heterocycles. The first-order valence-electron chi connectivity index (χ1n) is 11.9. The summed E-state index contributed by atoms with van der Waals surface area (Å²) >= 11 is 0. The van der Waals surface area contributed by atoms with Crippen molar-refractivity contribution in [3.63, 3.8) is 0 Å². The summed E-state index contributed by atoms with van der Waals surface area (Å²) in [6, 6.07) is 17.0. The highest BCUT2D eigenvalue weighted by atomic mass is 16.5. The van der Waals surface area contributed by atoms with Crippen molar-refractivity contribution >= 4 is 17.4 Å². The maximum atomic E-state index is 13.3. The Bertz CT molecular complexity index is 1300. The summed E-state index contributed by atoms with van der Waals surface area (Å²) in [5, 5.41) is 11.3. The predicted octanol–water partition coefficient (Wildman–Crippen LogP) is 5.06. The zero-order chi connectivity index (χ0) is 25.8. The molecule has 3 aromatic rings. The molecule has 2 heterocycles. The van der Waals surface area contributed by atoms with E-state index < -0.39 is 17.7 Å². The lowest BCUT2D eigenvalue weighted by atomic mass is 9.97. The van der Waals surface area contributed by atoms with Gasteiger partial charge in [-0.1, -0.05) is 38.1 Å². The molecule has 1 fully saturated rings. The van der Waals surface area contributed by atoms with E-state index >= 15 is 0 Å². The Hall–Kier alpha value is -4.13. The molecule has 1 atom stereocenters. The number of carbonyl (C=O) groups is 2. The molecule has 7 nitrogen and oxygen atoms in total. The summed E-state index contributed by atoms with van der Waals surface area (Å²) in [7, 11) is 1.56. The number of ether oxygens (including phenoxy) is 2. The van der Waals surface area contributed by atoms with Crippen LogP contribution < -0.4 is 9.47 Å². The standard InChI is InChI=1S/C29H30N2O5/c1-18(2)17-36-23-13-12-20(15-19(23)3)27(32)25-26(22-10-7-8-14-30-22)31(29(34)28(25)33)16-21-9-5-6-11-24(21)35-4/h5-15,18,26,32H,16-17H2,1-4H3/b27-25-. The molecule has 0 radical (unpaired) electrons. The molecule has 0 spiro atoms. The van der Waals surface area contributed by atoms with E-state index in [9.17, 15) is 14.7 Å². The van der Waals surface area contributed by atoms with Crippen molar-refractivity contribution in [1.29, 1.82) is 0 Å². The number of methoxy groups -OCH3 is 1. The van der Waals surface area contributed by atoms with E-state index in [1.165, 1.54) is 4.90 Å². The highest BCUT2D eigenvalue weighted by molar-refractivity contribution is 6.46. The number of hydrogen-bond donors (Lipinski definition) is 1. The molecule has 2 aromatic carbocycles. The Morgan fingerprint density at radius 2 is 1.81 bits per heavy atom. The molecule has 1 saturated heterocycles. The quantitative estimate of drug-likeness (QED) is 0.272. The number of rotatable bonds is 8. The van der Waals surface area contributed by atoms with E-state index in [4.69, 9.17) is 9.47 Å². The van der Waals surface area contributed by atoms with Gasteiger partial charge in [0.2, 0.25) is 0 Å². The van der Waals surface area contributed by atoms with Gasteiger partial charge in [0, 0.05) is 17.3 Å². The number of aliphatic hydroxyl groups is 1. The maximum Gasteiger partial charge on any atom is 0.296 e. The lowest BCUT2D eigenvalue weighted by molar-refractivity contribution is -0.140. The van der Waals surface area contributed by atoms with Crippen LogP contribution in [0.25, 0.3) is 5.76 Å². The number of benzene rings is 2. The van der Waals surface area contributed by atoms with Crippen molar-refractivity contribution in [2.45, 2.75) is 33.4 Å². The fraction of sp³-hybridized carbons (Fsp3) is 0.276. The highest BCUT2D eigenvalue weighted by Gasteiger charge is 2.47. The summed E-state index contributed by atoms with van der Waals surface area (Å²) in [5.74, 6) is -0.0207. The van der Waals surface area contributed by atoms with Crippen molar-refractivity contribution < 1.29 is 24.2 Å². The molecule has 186 valence electrons. The Labute approximate surface area is 211 Å². The van der Waals surface area contributed by atoms with Gasteiger partial charge in [0.1, 0.15) is 23.3 Å². The normalized spacial score (nSPS) is 17.0. The minimum absolute atomic E-state index is 0.00356. The number of amides is 1. The largest absolute Gasteiger partial charge is 0.507 e. The van der Waals surface area contributed by atoms with Crippen LogP contribution in [0.3, 0.4) is 0 Å². The van der Waals surface area contributed by atoms with Crippen LogP contribution in [-0.2, 0) is 16.1 Å². The second-order valence-electron chi connectivity index (χ2n) is 9.18. The van der Waals surface area contributed by atoms with Crippen molar-refractivity contribution in [3.8, 4) is 11.5 Å². The van der Waals surface area contributed by atoms with Gasteiger partial charge in [0.05, 0.1) is 31.5 Å². The average Bonchev–Trinajstić information content (AvgIpc) is 3.13. The van der Waals surface area contributed by atoms with Gasteiger partial charge in [0.25, 0.3) is 11.7 Å². The number of nitrogens with zero attached hydrogens (tertiary/aromatic N) is 2.